The molecular weight excluding hydrogens is 409 g/mol. The number of halogens is 3. The molecule has 3 rings (SSSR count). The van der Waals surface area contributed by atoms with Crippen molar-refractivity contribution in [3.8, 4) is 5.82 Å². The Bertz CT molecular complexity index is 810. The number of rotatable bonds is 6. The molecule has 0 saturated heterocycles. The quantitative estimate of drug-likeness (QED) is 0.358. The Morgan fingerprint density at radius 3 is 2.30 bits per heavy atom. The highest BCUT2D eigenvalue weighted by Gasteiger charge is 2.03. The number of pyridine rings is 1. The zero-order chi connectivity index (χ0) is 16.8. The third kappa shape index (κ3) is 7.19. The van der Waals surface area contributed by atoms with Gasteiger partial charge in [-0.05, 0) is 42.2 Å². The maximum atomic E-state index is 11.3. The molecule has 0 aliphatic rings. The smallest absolute Gasteiger partial charge is 0.238 e. The maximum Gasteiger partial charge on any atom is 0.238 e. The number of nitrogens with one attached hydrogen (secondary N) is 1. The van der Waals surface area contributed by atoms with Crippen LogP contribution in [0.1, 0.15) is 16.8 Å². The first-order valence-electron chi connectivity index (χ1n) is 7.78. The Kier molecular flexibility index (Phi) is 11.3. The number of benzene rings is 1. The monoisotopic (exact) mass is 429 g/mol. The average molecular weight is 431 g/mol. The fourth-order valence-corrected chi connectivity index (χ4v) is 2.47. The van der Waals surface area contributed by atoms with E-state index in [1.807, 2.05) is 54.7 Å². The molecule has 0 spiro atoms. The summed E-state index contributed by atoms with van der Waals surface area (Å²) in [5.41, 5.74) is 5.31. The molecule has 0 unspecified atom stereocenters. The van der Waals surface area contributed by atoms with E-state index in [1.54, 1.807) is 10.9 Å². The number of aromatic nitrogens is 3. The van der Waals surface area contributed by atoms with Crippen LogP contribution in [-0.4, -0.2) is 20.7 Å². The van der Waals surface area contributed by atoms with Gasteiger partial charge in [-0.1, -0.05) is 30.3 Å². The minimum Gasteiger partial charge on any atom is -0.294 e. The van der Waals surface area contributed by atoms with E-state index >= 15 is 0 Å². The van der Waals surface area contributed by atoms with Crippen molar-refractivity contribution in [1.82, 2.24) is 20.2 Å². The highest BCUT2D eigenvalue weighted by atomic mass is 35.5. The Morgan fingerprint density at radius 1 is 0.963 bits per heavy atom. The molecule has 9 heteroatoms. The second-order valence-electron chi connectivity index (χ2n) is 5.50. The number of hydrogen-bond acceptors (Lipinski definition) is 4. The minimum absolute atomic E-state index is 0. The van der Waals surface area contributed by atoms with Gasteiger partial charge < -0.3 is 0 Å². The number of aryl methyl sites for hydroxylation is 2. The van der Waals surface area contributed by atoms with E-state index in [1.165, 1.54) is 5.56 Å². The summed E-state index contributed by atoms with van der Waals surface area (Å²) in [6.45, 7) is 0. The number of nitrogens with zero attached hydrogens (tertiary/aromatic N) is 3. The second kappa shape index (κ2) is 12.3. The van der Waals surface area contributed by atoms with Gasteiger partial charge in [-0.3, -0.25) is 10.2 Å². The van der Waals surface area contributed by atoms with Gasteiger partial charge in [0.1, 0.15) is 0 Å². The number of hydrazine groups is 1. The van der Waals surface area contributed by atoms with Gasteiger partial charge in [-0.15, -0.1) is 37.2 Å². The fourth-order valence-electron chi connectivity index (χ4n) is 2.47. The van der Waals surface area contributed by atoms with Crippen molar-refractivity contribution in [3.63, 3.8) is 0 Å². The molecule has 2 heterocycles. The van der Waals surface area contributed by atoms with Crippen molar-refractivity contribution in [2.75, 3.05) is 0 Å². The molecule has 146 valence electrons. The number of amides is 1. The number of nitrogens with two attached hydrogens (primary N) is 1. The third-order valence-corrected chi connectivity index (χ3v) is 3.75. The van der Waals surface area contributed by atoms with Crippen LogP contribution in [0.2, 0.25) is 0 Å². The summed E-state index contributed by atoms with van der Waals surface area (Å²) in [7, 11) is 0. The van der Waals surface area contributed by atoms with Gasteiger partial charge in [0.05, 0.1) is 6.42 Å². The molecular formula is C18H22Cl3N5O. The summed E-state index contributed by atoms with van der Waals surface area (Å²) in [6, 6.07) is 15.8. The van der Waals surface area contributed by atoms with E-state index in [2.05, 4.69) is 15.5 Å². The Balaban J connectivity index is 0.00000225. The van der Waals surface area contributed by atoms with E-state index in [9.17, 15) is 4.79 Å². The van der Waals surface area contributed by atoms with Crippen molar-refractivity contribution < 1.29 is 4.79 Å². The lowest BCUT2D eigenvalue weighted by molar-refractivity contribution is -0.120. The zero-order valence-corrected chi connectivity index (χ0v) is 16.9. The molecule has 1 aromatic carbocycles. The van der Waals surface area contributed by atoms with E-state index in [0.29, 0.717) is 6.42 Å². The van der Waals surface area contributed by atoms with Crippen molar-refractivity contribution in [2.45, 2.75) is 19.3 Å². The summed E-state index contributed by atoms with van der Waals surface area (Å²) in [5, 5.41) is 4.20. The summed E-state index contributed by atoms with van der Waals surface area (Å²) in [4.78, 5) is 15.9. The molecule has 3 aromatic rings. The average Bonchev–Trinajstić information content (AvgIpc) is 3.16. The van der Waals surface area contributed by atoms with Gasteiger partial charge in [0.15, 0.2) is 5.82 Å². The SMILES string of the molecule is Cl.Cl.Cl.NNC(=O)Cc1ccc(CCc2cccc(-n3cccn3)n2)cc1. The van der Waals surface area contributed by atoms with Crippen LogP contribution in [0.25, 0.3) is 5.82 Å². The number of carbonyl (C=O) groups excluding carboxylic acids is 1. The zero-order valence-electron chi connectivity index (χ0n) is 14.4. The second-order valence-corrected chi connectivity index (χ2v) is 5.50. The van der Waals surface area contributed by atoms with Crippen LogP contribution in [0.3, 0.4) is 0 Å². The van der Waals surface area contributed by atoms with E-state index in [4.69, 9.17) is 5.84 Å². The lowest BCUT2D eigenvalue weighted by Crippen LogP contribution is -2.31. The largest absolute Gasteiger partial charge is 0.294 e. The Morgan fingerprint density at radius 2 is 1.67 bits per heavy atom. The normalized spacial score (nSPS) is 9.37. The first-order valence-corrected chi connectivity index (χ1v) is 7.78. The van der Waals surface area contributed by atoms with Crippen LogP contribution >= 0.6 is 37.2 Å². The van der Waals surface area contributed by atoms with Crippen LogP contribution in [0.15, 0.2) is 60.9 Å². The summed E-state index contributed by atoms with van der Waals surface area (Å²) in [6.07, 6.45) is 5.64. The molecule has 3 N–H and O–H groups in total. The fraction of sp³-hybridized carbons (Fsp3) is 0.167. The maximum absolute atomic E-state index is 11.3. The van der Waals surface area contributed by atoms with Gasteiger partial charge in [-0.2, -0.15) is 5.10 Å². The van der Waals surface area contributed by atoms with Crippen LogP contribution in [0.5, 0.6) is 0 Å². The predicted molar refractivity (Wildman–Crippen MR) is 113 cm³/mol. The van der Waals surface area contributed by atoms with Gasteiger partial charge in [0.25, 0.3) is 0 Å². The molecule has 0 atom stereocenters. The summed E-state index contributed by atoms with van der Waals surface area (Å²) < 4.78 is 1.75. The molecule has 2 aromatic heterocycles. The van der Waals surface area contributed by atoms with Crippen LogP contribution in [-0.2, 0) is 24.1 Å². The van der Waals surface area contributed by atoms with E-state index in [-0.39, 0.29) is 43.1 Å². The number of carbonyl (C=O) groups is 1. The van der Waals surface area contributed by atoms with Crippen molar-refractivity contribution >= 4 is 43.1 Å². The Labute approximate surface area is 176 Å². The van der Waals surface area contributed by atoms with Gasteiger partial charge >= 0.3 is 0 Å². The lowest BCUT2D eigenvalue weighted by atomic mass is 10.0. The topological polar surface area (TPSA) is 85.8 Å². The van der Waals surface area contributed by atoms with Crippen molar-refractivity contribution in [2.24, 2.45) is 5.84 Å². The van der Waals surface area contributed by atoms with Crippen LogP contribution in [0, 0.1) is 0 Å². The minimum atomic E-state index is -0.192. The van der Waals surface area contributed by atoms with Gasteiger partial charge in [0.2, 0.25) is 5.91 Å². The molecule has 27 heavy (non-hydrogen) atoms. The predicted octanol–water partition coefficient (Wildman–Crippen LogP) is 2.85. The third-order valence-electron chi connectivity index (χ3n) is 3.75. The summed E-state index contributed by atoms with van der Waals surface area (Å²) >= 11 is 0. The van der Waals surface area contributed by atoms with Gasteiger partial charge in [-0.25, -0.2) is 15.5 Å². The molecule has 6 nitrogen and oxygen atoms in total. The molecule has 0 fully saturated rings. The van der Waals surface area contributed by atoms with Crippen LogP contribution in [0.4, 0.5) is 0 Å². The van der Waals surface area contributed by atoms with Crippen LogP contribution < -0.4 is 11.3 Å². The van der Waals surface area contributed by atoms with Gasteiger partial charge in [0, 0.05) is 18.1 Å². The Hall–Kier alpha value is -2.12. The molecule has 0 aliphatic heterocycles. The van der Waals surface area contributed by atoms with Crippen molar-refractivity contribution in [1.29, 1.82) is 0 Å². The standard InChI is InChI=1S/C18H19N5O.3ClH/c19-22-18(24)13-15-7-5-14(6-8-15)9-10-16-3-1-4-17(21-16)23-12-2-11-20-23;;;/h1-8,11-12H,9-10,13,19H2,(H,22,24);3*1H. The molecule has 0 aliphatic carbocycles. The summed E-state index contributed by atoms with van der Waals surface area (Å²) in [5.74, 6) is 5.72. The lowest BCUT2D eigenvalue weighted by Gasteiger charge is -2.06. The first-order chi connectivity index (χ1) is 11.7. The first kappa shape index (κ1) is 24.9. The van der Waals surface area contributed by atoms with Crippen molar-refractivity contribution in [3.05, 3.63) is 77.7 Å². The molecule has 0 bridgehead atoms. The molecule has 1 amide bonds. The van der Waals surface area contributed by atoms with E-state index < -0.39 is 0 Å². The van der Waals surface area contributed by atoms with E-state index in [0.717, 1.165) is 29.9 Å². The number of hydrogen-bond donors (Lipinski definition) is 2. The molecule has 0 radical (unpaired) electrons. The highest BCUT2D eigenvalue weighted by molar-refractivity contribution is 5.86. The molecule has 0 saturated carbocycles. The highest BCUT2D eigenvalue weighted by Crippen LogP contribution is 2.10.